The minimum atomic E-state index is -3.43. The summed E-state index contributed by atoms with van der Waals surface area (Å²) in [6.45, 7) is 5.01. The number of rotatable bonds is 20. The fourth-order valence-electron chi connectivity index (χ4n) is 4.64. The largest absolute Gasteiger partial charge is 2.00 e. The average molecular weight is 704 g/mol. The third-order valence-electron chi connectivity index (χ3n) is 7.01. The van der Waals surface area contributed by atoms with E-state index in [-0.39, 0.29) is 25.2 Å². The van der Waals surface area contributed by atoms with Crippen molar-refractivity contribution in [1.29, 1.82) is 0 Å². The van der Waals surface area contributed by atoms with Crippen molar-refractivity contribution in [2.24, 2.45) is 0 Å². The van der Waals surface area contributed by atoms with Crippen LogP contribution in [-0.2, 0) is 38.7 Å². The number of nitrogens with zero attached hydrogens (tertiary/aromatic N) is 4. The van der Waals surface area contributed by atoms with Crippen molar-refractivity contribution in [3.8, 4) is 0 Å². The Morgan fingerprint density at radius 2 is 1.18 bits per heavy atom. The number of fused-ring (bicyclic) bond motifs is 2. The van der Waals surface area contributed by atoms with Crippen LogP contribution in [0.3, 0.4) is 0 Å². The van der Waals surface area contributed by atoms with Crippen LogP contribution in [0.1, 0.15) is 90.9 Å². The molecule has 0 N–H and O–H groups in total. The molecule has 0 atom stereocenters. The molecule has 0 spiro atoms. The second-order valence-corrected chi connectivity index (χ2v) is 12.9. The zero-order chi connectivity index (χ0) is 31.3. The van der Waals surface area contributed by atoms with Crippen LogP contribution in [0.4, 0.5) is 11.4 Å². The molecule has 8 nitrogen and oxygen atoms in total. The van der Waals surface area contributed by atoms with Crippen LogP contribution in [0.5, 0.6) is 0 Å². The summed E-state index contributed by atoms with van der Waals surface area (Å²) in [5.41, 5.74) is 2.74. The molecular weight excluding hydrogens is 658 g/mol. The minimum Gasteiger partial charge on any atom is -0.603 e. The van der Waals surface area contributed by atoms with Crippen LogP contribution < -0.4 is 0 Å². The first-order valence-corrected chi connectivity index (χ1v) is 18.1. The van der Waals surface area contributed by atoms with Crippen molar-refractivity contribution in [1.82, 2.24) is 9.97 Å². The van der Waals surface area contributed by atoms with Gasteiger partial charge in [0.2, 0.25) is 0 Å². The summed E-state index contributed by atoms with van der Waals surface area (Å²) in [4.78, 5) is 13.7. The molecule has 2 aromatic carbocycles. The fraction of sp³-hybridized carbons (Fsp3) is 0.471. The van der Waals surface area contributed by atoms with E-state index in [1.54, 1.807) is 18.5 Å². The molecular formula is C34H46N4O4S2Zn. The first kappa shape index (κ1) is 38.9. The molecule has 2 heterocycles. The van der Waals surface area contributed by atoms with Gasteiger partial charge in [-0.1, -0.05) is 139 Å². The van der Waals surface area contributed by atoms with Gasteiger partial charge in [0.25, 0.3) is 0 Å². The van der Waals surface area contributed by atoms with Crippen LogP contribution in [0, 0.1) is 0 Å². The summed E-state index contributed by atoms with van der Waals surface area (Å²) in [6.07, 6.45) is 17.1. The number of benzene rings is 2. The zero-order valence-corrected chi connectivity index (χ0v) is 31.4. The van der Waals surface area contributed by atoms with Crippen molar-refractivity contribution < 1.29 is 37.1 Å². The van der Waals surface area contributed by atoms with Crippen LogP contribution in [0.2, 0.25) is 0 Å². The monoisotopic (exact) mass is 702 g/mol. The van der Waals surface area contributed by atoms with E-state index >= 15 is 0 Å². The van der Waals surface area contributed by atoms with Gasteiger partial charge < -0.3 is 9.44 Å². The molecule has 0 saturated carbocycles. The SMILES string of the molecule is CCCCCCCCOOS[N-]c1cccc2cccnc12.CCCCCCCCS(=O)(=O)[N-]c1cccc2cccnc12.[Zn+2]. The molecule has 4 rings (SSSR count). The van der Waals surface area contributed by atoms with Gasteiger partial charge in [-0.3, -0.25) is 9.97 Å². The smallest absolute Gasteiger partial charge is 0.603 e. The zero-order valence-electron chi connectivity index (χ0n) is 26.8. The van der Waals surface area contributed by atoms with E-state index in [4.69, 9.17) is 9.22 Å². The van der Waals surface area contributed by atoms with E-state index in [0.29, 0.717) is 24.2 Å². The fourth-order valence-corrected chi connectivity index (χ4v) is 6.11. The van der Waals surface area contributed by atoms with Crippen molar-refractivity contribution in [3.05, 3.63) is 82.5 Å². The predicted octanol–water partition coefficient (Wildman–Crippen LogP) is 11.0. The summed E-state index contributed by atoms with van der Waals surface area (Å²) in [6, 6.07) is 19.0. The molecule has 240 valence electrons. The van der Waals surface area contributed by atoms with Gasteiger partial charge in [-0.05, 0) is 35.7 Å². The van der Waals surface area contributed by atoms with Gasteiger partial charge in [0.05, 0.1) is 27.7 Å². The molecule has 11 heteroatoms. The van der Waals surface area contributed by atoms with Gasteiger partial charge in [-0.2, -0.15) is 4.33 Å². The second kappa shape index (κ2) is 23.1. The number of unbranched alkanes of at least 4 members (excludes halogenated alkanes) is 10. The molecule has 0 aliphatic heterocycles. The van der Waals surface area contributed by atoms with Gasteiger partial charge in [-0.15, -0.1) is 11.4 Å². The third-order valence-corrected chi connectivity index (χ3v) is 8.72. The van der Waals surface area contributed by atoms with E-state index in [1.807, 2.05) is 54.6 Å². The number of hydrogen-bond acceptors (Lipinski definition) is 7. The summed E-state index contributed by atoms with van der Waals surface area (Å²) in [7, 11) is -3.43. The van der Waals surface area contributed by atoms with Gasteiger partial charge in [-0.25, -0.2) is 13.3 Å². The van der Waals surface area contributed by atoms with Gasteiger partial charge >= 0.3 is 19.5 Å². The standard InChI is InChI=1S/2C17H23N2O2S.Zn/c1-2-3-4-5-6-7-14-22(20,21)19-16-12-8-10-15-11-9-13-18-17(15)16;1-2-3-4-5-6-7-14-20-21-22-19-16-12-8-10-15-11-9-13-18-17(15)16;/h2*8-13H,2-7,14H2,1H3;/q2*-1;+2. The normalized spacial score (nSPS) is 11.1. The Hall–Kier alpha value is -2.30. The molecule has 0 bridgehead atoms. The van der Waals surface area contributed by atoms with E-state index < -0.39 is 10.0 Å². The van der Waals surface area contributed by atoms with Crippen molar-refractivity contribution >= 4 is 55.4 Å². The Kier molecular flexibility index (Phi) is 20.0. The number of sulfonamides is 1. The molecule has 0 radical (unpaired) electrons. The van der Waals surface area contributed by atoms with E-state index in [9.17, 15) is 8.42 Å². The Morgan fingerprint density at radius 3 is 1.80 bits per heavy atom. The van der Waals surface area contributed by atoms with Crippen molar-refractivity contribution in [2.75, 3.05) is 12.4 Å². The molecule has 0 unspecified atom stereocenters. The summed E-state index contributed by atoms with van der Waals surface area (Å²) in [5.74, 6) is 0.113. The molecule has 0 aliphatic rings. The number of hydrogen-bond donors (Lipinski definition) is 0. The quantitative estimate of drug-likeness (QED) is 0.0225. The summed E-state index contributed by atoms with van der Waals surface area (Å²) >= 11 is 0.956. The first-order chi connectivity index (χ1) is 21.5. The maximum Gasteiger partial charge on any atom is 2.00 e. The Morgan fingerprint density at radius 1 is 0.667 bits per heavy atom. The van der Waals surface area contributed by atoms with E-state index in [0.717, 1.165) is 53.5 Å². The average Bonchev–Trinajstić information content (AvgIpc) is 3.04. The van der Waals surface area contributed by atoms with E-state index in [2.05, 4.69) is 33.3 Å². The maximum atomic E-state index is 12.1. The Bertz CT molecular complexity index is 1470. The Balaban J connectivity index is 0.000000307. The molecule has 0 fully saturated rings. The van der Waals surface area contributed by atoms with Gasteiger partial charge in [0.1, 0.15) is 0 Å². The van der Waals surface area contributed by atoms with Crippen LogP contribution >= 0.6 is 12.2 Å². The van der Waals surface area contributed by atoms with Crippen molar-refractivity contribution in [3.63, 3.8) is 0 Å². The Labute approximate surface area is 287 Å². The summed E-state index contributed by atoms with van der Waals surface area (Å²) in [5, 5.41) is 1.97. The second-order valence-electron chi connectivity index (χ2n) is 10.7. The molecule has 2 aromatic heterocycles. The van der Waals surface area contributed by atoms with Crippen LogP contribution in [0.25, 0.3) is 31.3 Å². The topological polar surface area (TPSA) is 107 Å². The number of pyridine rings is 2. The number of para-hydroxylation sites is 2. The predicted molar refractivity (Wildman–Crippen MR) is 185 cm³/mol. The third kappa shape index (κ3) is 15.2. The first-order valence-electron chi connectivity index (χ1n) is 15.8. The van der Waals surface area contributed by atoms with Crippen molar-refractivity contribution in [2.45, 2.75) is 90.9 Å². The van der Waals surface area contributed by atoms with Gasteiger partial charge in [0, 0.05) is 18.1 Å². The molecule has 0 amide bonds. The molecule has 4 aromatic rings. The molecule has 0 aliphatic carbocycles. The molecule has 45 heavy (non-hydrogen) atoms. The van der Waals surface area contributed by atoms with Gasteiger partial charge in [0.15, 0.2) is 0 Å². The minimum absolute atomic E-state index is 0. The van der Waals surface area contributed by atoms with Crippen LogP contribution in [0.15, 0.2) is 73.1 Å². The van der Waals surface area contributed by atoms with E-state index in [1.165, 1.54) is 51.4 Å². The maximum absolute atomic E-state index is 12.1. The summed E-state index contributed by atoms with van der Waals surface area (Å²) < 4.78 is 37.6. The van der Waals surface area contributed by atoms with Crippen LogP contribution in [-0.4, -0.2) is 30.7 Å². The number of aromatic nitrogens is 2. The molecule has 0 saturated heterocycles.